The first kappa shape index (κ1) is 57.5. The van der Waals surface area contributed by atoms with E-state index in [-0.39, 0.29) is 0 Å². The van der Waals surface area contributed by atoms with Gasteiger partial charge in [-0.25, -0.2) is 29.9 Å². The van der Waals surface area contributed by atoms with E-state index in [4.69, 9.17) is 29.9 Å². The second-order valence-corrected chi connectivity index (χ2v) is 28.7. The van der Waals surface area contributed by atoms with Gasteiger partial charge in [-0.3, -0.25) is 0 Å². The lowest BCUT2D eigenvalue weighted by Crippen LogP contribution is -2.00. The zero-order chi connectivity index (χ0) is 65.8. The van der Waals surface area contributed by atoms with Crippen molar-refractivity contribution in [1.82, 2.24) is 39.0 Å². The molecule has 0 spiro atoms. The Morgan fingerprint density at radius 1 is 0.220 bits per heavy atom. The van der Waals surface area contributed by atoms with Crippen LogP contribution in [0.15, 0.2) is 348 Å². The number of para-hydroxylation sites is 2. The number of hydrogen-bond acceptors (Lipinski definition) is 7. The zero-order valence-corrected chi connectivity index (χ0v) is 55.4. The molecule has 0 aliphatic carbocycles. The van der Waals surface area contributed by atoms with E-state index >= 15 is 0 Å². The van der Waals surface area contributed by atoms with Crippen molar-refractivity contribution >= 4 is 86.0 Å². The van der Waals surface area contributed by atoms with Gasteiger partial charge in [-0.2, -0.15) is 10.9 Å². The van der Waals surface area contributed by atoms with E-state index < -0.39 is 10.9 Å². The third-order valence-corrected chi connectivity index (χ3v) is 23.2. The highest BCUT2D eigenvalue weighted by Crippen LogP contribution is 2.64. The molecule has 1 unspecified atom stereocenters. The van der Waals surface area contributed by atoms with E-state index in [0.717, 1.165) is 83.3 Å². The number of fused-ring (bicyclic) bond motifs is 12. The summed E-state index contributed by atoms with van der Waals surface area (Å²) in [6.07, 6.45) is 0. The predicted octanol–water partition coefficient (Wildman–Crippen LogP) is 23.4. The second-order valence-electron chi connectivity index (χ2n) is 25.4. The molecular formula is C90H56N8S2. The predicted molar refractivity (Wildman–Crippen MR) is 414 cm³/mol. The van der Waals surface area contributed by atoms with Crippen LogP contribution in [-0.2, 0) is 0 Å². The minimum absolute atomic E-state index is 0.625. The van der Waals surface area contributed by atoms with E-state index in [0.29, 0.717) is 34.9 Å². The minimum atomic E-state index is -1.05. The highest BCUT2D eigenvalue weighted by atomic mass is 32.2. The van der Waals surface area contributed by atoms with Crippen LogP contribution < -0.4 is 0 Å². The summed E-state index contributed by atoms with van der Waals surface area (Å²) >= 11 is 1.81. The molecule has 6 heterocycles. The number of thiol groups is 1. The van der Waals surface area contributed by atoms with Crippen molar-refractivity contribution in [3.05, 3.63) is 334 Å². The summed E-state index contributed by atoms with van der Waals surface area (Å²) in [5.74, 6) is 3.80. The molecule has 19 aromatic rings. The van der Waals surface area contributed by atoms with Gasteiger partial charge in [0.1, 0.15) is 0 Å². The Kier molecular flexibility index (Phi) is 13.5. The van der Waals surface area contributed by atoms with Gasteiger partial charge in [-0.05, 0) is 147 Å². The van der Waals surface area contributed by atoms with Crippen molar-refractivity contribution in [3.63, 3.8) is 0 Å². The summed E-state index contributed by atoms with van der Waals surface area (Å²) < 4.78 is 7.32. The normalized spacial score (nSPS) is 13.1. The summed E-state index contributed by atoms with van der Waals surface area (Å²) in [6.45, 7) is 0. The first-order valence-electron chi connectivity index (χ1n) is 33.6. The van der Waals surface area contributed by atoms with E-state index in [1.807, 2.05) is 84.1 Å². The van der Waals surface area contributed by atoms with Gasteiger partial charge in [-0.1, -0.05) is 224 Å². The van der Waals surface area contributed by atoms with Crippen molar-refractivity contribution in [1.29, 1.82) is 0 Å². The summed E-state index contributed by atoms with van der Waals surface area (Å²) in [4.78, 5) is 34.7. The molecule has 0 saturated heterocycles. The third-order valence-electron chi connectivity index (χ3n) is 19.5. The van der Waals surface area contributed by atoms with Crippen LogP contribution >= 0.6 is 22.2 Å². The molecule has 14 aromatic carbocycles. The average molecular weight is 1310 g/mol. The first-order valence-corrected chi connectivity index (χ1v) is 35.7. The molecule has 468 valence electrons. The number of thiophene rings is 1. The van der Waals surface area contributed by atoms with E-state index in [1.165, 1.54) is 73.3 Å². The molecule has 0 N–H and O–H groups in total. The number of nitrogens with zero attached hydrogens (tertiary/aromatic N) is 8. The Bertz CT molecular complexity index is 6350. The molecular weight excluding hydrogens is 1260 g/mol. The quantitative estimate of drug-likeness (QED) is 0.130. The minimum Gasteiger partial charge on any atom is -0.309 e. The molecule has 5 aromatic heterocycles. The van der Waals surface area contributed by atoms with Crippen LogP contribution in [0.25, 0.3) is 177 Å². The Balaban J connectivity index is 0.717. The molecule has 8 nitrogen and oxygen atoms in total. The molecule has 100 heavy (non-hydrogen) atoms. The van der Waals surface area contributed by atoms with Crippen LogP contribution in [0, 0.1) is 0 Å². The number of rotatable bonds is 11. The maximum atomic E-state index is 5.25. The molecule has 1 aliphatic heterocycles. The molecule has 1 aliphatic rings. The summed E-state index contributed by atoms with van der Waals surface area (Å²) in [7, 11) is -1.05. The van der Waals surface area contributed by atoms with Gasteiger partial charge in [0.05, 0.1) is 22.1 Å². The summed E-state index contributed by atoms with van der Waals surface area (Å²) in [5.41, 5.74) is 19.5. The fourth-order valence-electron chi connectivity index (χ4n) is 14.8. The smallest absolute Gasteiger partial charge is 0.164 e. The lowest BCUT2D eigenvalue weighted by atomic mass is 10.0. The fourth-order valence-corrected chi connectivity index (χ4v) is 18.5. The Morgan fingerprint density at radius 2 is 0.600 bits per heavy atom. The molecule has 0 saturated carbocycles. The van der Waals surface area contributed by atoms with Crippen LogP contribution in [0.5, 0.6) is 0 Å². The van der Waals surface area contributed by atoms with Crippen LogP contribution in [0.1, 0.15) is 0 Å². The van der Waals surface area contributed by atoms with E-state index in [2.05, 4.69) is 270 Å². The average Bonchev–Trinajstić information content (AvgIpc) is 1.59. The first-order chi connectivity index (χ1) is 49.5. The second kappa shape index (κ2) is 23.5. The van der Waals surface area contributed by atoms with Gasteiger partial charge >= 0.3 is 0 Å². The summed E-state index contributed by atoms with van der Waals surface area (Å²) in [5, 5.41) is 7.19. The highest BCUT2D eigenvalue weighted by Gasteiger charge is 2.30. The van der Waals surface area contributed by atoms with E-state index in [9.17, 15) is 0 Å². The third kappa shape index (κ3) is 9.75. The van der Waals surface area contributed by atoms with Gasteiger partial charge in [0.25, 0.3) is 0 Å². The zero-order valence-electron chi connectivity index (χ0n) is 53.7. The molecule has 0 bridgehead atoms. The van der Waals surface area contributed by atoms with Gasteiger partial charge in [0.15, 0.2) is 34.9 Å². The van der Waals surface area contributed by atoms with Gasteiger partial charge in [0, 0.05) is 96.3 Å². The summed E-state index contributed by atoms with van der Waals surface area (Å²) in [6, 6.07) is 120. The Hall–Kier alpha value is -12.7. The number of benzene rings is 14. The van der Waals surface area contributed by atoms with Crippen molar-refractivity contribution in [2.75, 3.05) is 0 Å². The van der Waals surface area contributed by atoms with Gasteiger partial charge in [0.2, 0.25) is 0 Å². The molecule has 20 rings (SSSR count). The molecule has 10 heteroatoms. The Labute approximate surface area is 582 Å². The number of aromatic nitrogens is 8. The topological polar surface area (TPSA) is 87.2 Å². The maximum absolute atomic E-state index is 5.25. The van der Waals surface area contributed by atoms with Crippen molar-refractivity contribution in [3.8, 4) is 113 Å². The van der Waals surface area contributed by atoms with Crippen LogP contribution in [-0.4, -0.2) is 39.0 Å². The standard InChI is InChI=1S/C90H56N8S2/c1-6-21-56(22-7-1)62-38-44-79-72(50-62)70-34-17-19-36-78(70)97(79)67-42-48-84-76(55-67)75-52-65(90-95-87(59-27-12-4-13-28-59)92-88(96-90)60-29-14-5-15-30-60)40-47-83(75)100(84)68-32-20-31-61(49-68)63-37-43-71-69-33-16-18-35-77(69)98(80(71)53-63)66-41-46-82-74(54-66)73-51-64(39-45-81(73)99-82)89-93-85(57-23-8-2-9-24-57)91-86(94-89)58-25-10-3-11-26-58/h1-55,100H. The van der Waals surface area contributed by atoms with Crippen LogP contribution in [0.3, 0.4) is 0 Å². The SMILES string of the molecule is c1ccc(-c2ccc3c(c2)c2ccccc2n3-c2ccc3c(c2)-c2cc(-c4nc(-c5ccccc5)nc(-c5ccccc5)n4)ccc2[SH]3c2cccc(-c3ccc4c5ccccc5n(-c5ccc6sc7ccc(-c8nc(-c9ccccc9)nc(-c9ccccc9)n8)cc7c6c5)c4c3)c2)cc1. The van der Waals surface area contributed by atoms with Gasteiger partial charge < -0.3 is 9.13 Å². The molecule has 1 atom stereocenters. The lowest BCUT2D eigenvalue weighted by Gasteiger charge is -2.21. The van der Waals surface area contributed by atoms with Crippen molar-refractivity contribution in [2.45, 2.75) is 14.7 Å². The highest BCUT2D eigenvalue weighted by molar-refractivity contribution is 8.17. The van der Waals surface area contributed by atoms with Crippen LogP contribution in [0.4, 0.5) is 0 Å². The van der Waals surface area contributed by atoms with Crippen LogP contribution in [0.2, 0.25) is 0 Å². The van der Waals surface area contributed by atoms with E-state index in [1.54, 1.807) is 0 Å². The van der Waals surface area contributed by atoms with Gasteiger partial charge in [-0.15, -0.1) is 11.3 Å². The monoisotopic (exact) mass is 1310 g/mol. The van der Waals surface area contributed by atoms with Crippen molar-refractivity contribution < 1.29 is 0 Å². The lowest BCUT2D eigenvalue weighted by molar-refractivity contribution is 1.07. The molecule has 0 radical (unpaired) electrons. The molecule has 0 fully saturated rings. The maximum Gasteiger partial charge on any atom is 0.164 e. The Morgan fingerprint density at radius 3 is 1.20 bits per heavy atom. The molecule has 0 amide bonds. The fraction of sp³-hybridized carbons (Fsp3) is 0. The van der Waals surface area contributed by atoms with Crippen molar-refractivity contribution in [2.24, 2.45) is 0 Å². The number of hydrogen-bond donors (Lipinski definition) is 1. The largest absolute Gasteiger partial charge is 0.309 e.